The summed E-state index contributed by atoms with van der Waals surface area (Å²) in [5.41, 5.74) is 0.629. The van der Waals surface area contributed by atoms with E-state index in [1.807, 2.05) is 12.1 Å². The fraction of sp³-hybridized carbons (Fsp3) is 0.400. The lowest BCUT2D eigenvalue weighted by Crippen LogP contribution is -2.15. The average molecular weight is 287 g/mol. The fourth-order valence-electron chi connectivity index (χ4n) is 2.24. The molecule has 1 N–H and O–H groups in total. The number of benzene rings is 1. The van der Waals surface area contributed by atoms with Crippen molar-refractivity contribution in [3.63, 3.8) is 0 Å². The van der Waals surface area contributed by atoms with Crippen LogP contribution in [0, 0.1) is 5.92 Å². The molecule has 2 aromatic rings. The molecule has 2 atom stereocenters. The van der Waals surface area contributed by atoms with Gasteiger partial charge in [-0.05, 0) is 24.5 Å². The zero-order valence-corrected chi connectivity index (χ0v) is 12.0. The van der Waals surface area contributed by atoms with Crippen molar-refractivity contribution in [3.05, 3.63) is 36.0 Å². The zero-order chi connectivity index (χ0) is 14.8. The van der Waals surface area contributed by atoms with E-state index in [0.717, 1.165) is 6.42 Å². The van der Waals surface area contributed by atoms with Crippen LogP contribution < -0.4 is 10.1 Å². The molecule has 0 aliphatic heterocycles. The van der Waals surface area contributed by atoms with Crippen molar-refractivity contribution < 1.29 is 14.1 Å². The van der Waals surface area contributed by atoms with Crippen molar-refractivity contribution in [1.29, 1.82) is 0 Å². The second-order valence-corrected chi connectivity index (χ2v) is 5.29. The van der Waals surface area contributed by atoms with E-state index in [1.54, 1.807) is 19.2 Å². The molecule has 0 spiro atoms. The van der Waals surface area contributed by atoms with Crippen LogP contribution in [-0.4, -0.2) is 23.2 Å². The van der Waals surface area contributed by atoms with E-state index in [1.165, 1.54) is 0 Å². The summed E-state index contributed by atoms with van der Waals surface area (Å²) < 4.78 is 10.4. The molecule has 6 heteroatoms. The maximum Gasteiger partial charge on any atom is 0.232 e. The topological polar surface area (TPSA) is 77.2 Å². The number of ether oxygens (including phenoxy) is 1. The lowest BCUT2D eigenvalue weighted by atomic mass is 10.2. The van der Waals surface area contributed by atoms with E-state index < -0.39 is 0 Å². The highest BCUT2D eigenvalue weighted by molar-refractivity contribution is 5.93. The number of anilines is 1. The number of carbonyl (C=O) groups is 1. The second-order valence-electron chi connectivity index (χ2n) is 5.29. The van der Waals surface area contributed by atoms with Gasteiger partial charge in [-0.15, -0.1) is 0 Å². The van der Waals surface area contributed by atoms with Crippen LogP contribution in [0.2, 0.25) is 0 Å². The zero-order valence-electron chi connectivity index (χ0n) is 12.0. The summed E-state index contributed by atoms with van der Waals surface area (Å²) in [4.78, 5) is 16.3. The van der Waals surface area contributed by atoms with Gasteiger partial charge in [0, 0.05) is 5.92 Å². The third-order valence-electron chi connectivity index (χ3n) is 3.61. The van der Waals surface area contributed by atoms with E-state index in [-0.39, 0.29) is 12.3 Å². The van der Waals surface area contributed by atoms with Gasteiger partial charge in [0.15, 0.2) is 5.82 Å². The first-order valence-corrected chi connectivity index (χ1v) is 6.92. The van der Waals surface area contributed by atoms with Gasteiger partial charge in [-0.3, -0.25) is 4.79 Å². The first-order chi connectivity index (χ1) is 10.2. The number of nitrogens with zero attached hydrogens (tertiary/aromatic N) is 2. The van der Waals surface area contributed by atoms with Crippen LogP contribution in [0.3, 0.4) is 0 Å². The largest absolute Gasteiger partial charge is 0.495 e. The van der Waals surface area contributed by atoms with Crippen LogP contribution in [-0.2, 0) is 11.2 Å². The Hall–Kier alpha value is -2.37. The third kappa shape index (κ3) is 3.04. The van der Waals surface area contributed by atoms with Crippen LogP contribution in [0.5, 0.6) is 5.75 Å². The van der Waals surface area contributed by atoms with Crippen LogP contribution in [0.1, 0.15) is 31.0 Å². The minimum absolute atomic E-state index is 0.0860. The Morgan fingerprint density at radius 1 is 1.48 bits per heavy atom. The SMILES string of the molecule is COc1ccccc1NC(=O)Cc1noc([C@H]2C[C@H]2C)n1. The summed E-state index contributed by atoms with van der Waals surface area (Å²) in [7, 11) is 1.56. The van der Waals surface area contributed by atoms with Crippen LogP contribution >= 0.6 is 0 Å². The van der Waals surface area contributed by atoms with Gasteiger partial charge in [0.25, 0.3) is 0 Å². The molecule has 1 aromatic heterocycles. The molecule has 1 amide bonds. The normalized spacial score (nSPS) is 20.1. The van der Waals surface area contributed by atoms with Crippen molar-refractivity contribution in [2.45, 2.75) is 25.7 Å². The molecule has 0 radical (unpaired) electrons. The molecular formula is C15H17N3O3. The van der Waals surface area contributed by atoms with Gasteiger partial charge in [0.2, 0.25) is 11.8 Å². The number of hydrogen-bond acceptors (Lipinski definition) is 5. The van der Waals surface area contributed by atoms with E-state index >= 15 is 0 Å². The molecule has 1 heterocycles. The smallest absolute Gasteiger partial charge is 0.232 e. The number of rotatable bonds is 5. The van der Waals surface area contributed by atoms with Crippen molar-refractivity contribution in [2.75, 3.05) is 12.4 Å². The lowest BCUT2D eigenvalue weighted by molar-refractivity contribution is -0.115. The Balaban J connectivity index is 1.62. The molecule has 1 aliphatic carbocycles. The first-order valence-electron chi connectivity index (χ1n) is 6.92. The number of carbonyl (C=O) groups excluding carboxylic acids is 1. The molecule has 3 rings (SSSR count). The quantitative estimate of drug-likeness (QED) is 0.913. The number of aromatic nitrogens is 2. The van der Waals surface area contributed by atoms with Crippen LogP contribution in [0.25, 0.3) is 0 Å². The Labute approximate surface area is 122 Å². The molecule has 1 aromatic carbocycles. The third-order valence-corrected chi connectivity index (χ3v) is 3.61. The van der Waals surface area contributed by atoms with Gasteiger partial charge in [-0.25, -0.2) is 0 Å². The van der Waals surface area contributed by atoms with Gasteiger partial charge in [-0.1, -0.05) is 24.2 Å². The maximum absolute atomic E-state index is 12.0. The second kappa shape index (κ2) is 5.55. The Bertz CT molecular complexity index is 653. The van der Waals surface area contributed by atoms with Gasteiger partial charge >= 0.3 is 0 Å². The summed E-state index contributed by atoms with van der Waals surface area (Å²) >= 11 is 0. The highest BCUT2D eigenvalue weighted by Crippen LogP contribution is 2.45. The van der Waals surface area contributed by atoms with E-state index in [9.17, 15) is 4.79 Å². The molecule has 0 saturated heterocycles. The molecule has 1 saturated carbocycles. The van der Waals surface area contributed by atoms with E-state index in [0.29, 0.717) is 35.0 Å². The summed E-state index contributed by atoms with van der Waals surface area (Å²) in [6.45, 7) is 2.14. The lowest BCUT2D eigenvalue weighted by Gasteiger charge is -2.08. The molecule has 1 aliphatic rings. The minimum Gasteiger partial charge on any atom is -0.495 e. The Morgan fingerprint density at radius 3 is 2.95 bits per heavy atom. The van der Waals surface area contributed by atoms with Gasteiger partial charge in [0.05, 0.1) is 19.2 Å². The molecule has 6 nitrogen and oxygen atoms in total. The average Bonchev–Trinajstić information content (AvgIpc) is 3.02. The number of hydrogen-bond donors (Lipinski definition) is 1. The van der Waals surface area contributed by atoms with Gasteiger partial charge in [-0.2, -0.15) is 4.98 Å². The van der Waals surface area contributed by atoms with Crippen molar-refractivity contribution in [3.8, 4) is 5.75 Å². The van der Waals surface area contributed by atoms with Crippen LogP contribution in [0.4, 0.5) is 5.69 Å². The monoisotopic (exact) mass is 287 g/mol. The highest BCUT2D eigenvalue weighted by atomic mass is 16.5. The molecule has 0 unspecified atom stereocenters. The molecule has 1 fully saturated rings. The Kier molecular flexibility index (Phi) is 3.60. The number of methoxy groups -OCH3 is 1. The van der Waals surface area contributed by atoms with Crippen molar-refractivity contribution >= 4 is 11.6 Å². The van der Waals surface area contributed by atoms with E-state index in [4.69, 9.17) is 9.26 Å². The molecular weight excluding hydrogens is 270 g/mol. The minimum atomic E-state index is -0.198. The Morgan fingerprint density at radius 2 is 2.24 bits per heavy atom. The fourth-order valence-corrected chi connectivity index (χ4v) is 2.24. The number of para-hydroxylation sites is 2. The number of nitrogens with one attached hydrogen (secondary N) is 1. The van der Waals surface area contributed by atoms with Crippen molar-refractivity contribution in [1.82, 2.24) is 10.1 Å². The maximum atomic E-state index is 12.0. The summed E-state index contributed by atoms with van der Waals surface area (Å²) in [6, 6.07) is 7.25. The molecule has 0 bridgehead atoms. The predicted molar refractivity (Wildman–Crippen MR) is 76.1 cm³/mol. The highest BCUT2D eigenvalue weighted by Gasteiger charge is 2.38. The van der Waals surface area contributed by atoms with Gasteiger partial charge in [0.1, 0.15) is 5.75 Å². The molecule has 110 valence electrons. The molecule has 21 heavy (non-hydrogen) atoms. The van der Waals surface area contributed by atoms with Crippen LogP contribution in [0.15, 0.2) is 28.8 Å². The van der Waals surface area contributed by atoms with Crippen molar-refractivity contribution in [2.24, 2.45) is 5.92 Å². The predicted octanol–water partition coefficient (Wildman–Crippen LogP) is 2.38. The summed E-state index contributed by atoms with van der Waals surface area (Å²) in [5.74, 6) is 2.44. The summed E-state index contributed by atoms with van der Waals surface area (Å²) in [5, 5.41) is 6.65. The van der Waals surface area contributed by atoms with Gasteiger partial charge < -0.3 is 14.6 Å². The van der Waals surface area contributed by atoms with E-state index in [2.05, 4.69) is 22.4 Å². The standard InChI is InChI=1S/C15H17N3O3/c1-9-7-10(9)15-17-13(18-21-15)8-14(19)16-11-5-3-4-6-12(11)20-2/h3-6,9-10H,7-8H2,1-2H3,(H,16,19)/t9-,10+/m1/s1. The number of amides is 1. The summed E-state index contributed by atoms with van der Waals surface area (Å²) in [6.07, 6.45) is 1.16. The first kappa shape index (κ1) is 13.6.